The van der Waals surface area contributed by atoms with E-state index in [4.69, 9.17) is 11.6 Å². The first-order valence-corrected chi connectivity index (χ1v) is 17.2. The van der Waals surface area contributed by atoms with Crippen molar-refractivity contribution in [3.05, 3.63) is 160 Å². The third-order valence-electron chi connectivity index (χ3n) is 7.78. The molecule has 0 spiro atoms. The van der Waals surface area contributed by atoms with Crippen molar-refractivity contribution in [2.75, 3.05) is 0 Å². The van der Waals surface area contributed by atoms with E-state index in [0.29, 0.717) is 28.1 Å². The average molecular weight is 712 g/mol. The maximum Gasteiger partial charge on any atom is 0.273 e. The highest BCUT2D eigenvalue weighted by Crippen LogP contribution is 2.26. The standard InChI is InChI=1S/C37H28BrClN2O4S/c38-29-18-12-25(13-19-29)22-34(37(43)46(44,45)31-6-2-1-3-7-31)40-36(42)33-24-41(35-9-5-4-8-32(33)35)23-26-10-14-27(15-11-26)28-16-20-30(39)21-17-28/h1-21,24,34H,22-23H2,(H,40,42)/t34-/m0/s1. The van der Waals surface area contributed by atoms with E-state index in [1.54, 1.807) is 48.7 Å². The maximum atomic E-state index is 13.9. The van der Waals surface area contributed by atoms with Crippen LogP contribution in [-0.2, 0) is 27.6 Å². The van der Waals surface area contributed by atoms with Gasteiger partial charge in [-0.1, -0.05) is 112 Å². The van der Waals surface area contributed by atoms with Crippen molar-refractivity contribution in [2.24, 2.45) is 0 Å². The second kappa shape index (κ2) is 13.5. The molecule has 0 aliphatic heterocycles. The first-order valence-electron chi connectivity index (χ1n) is 14.5. The highest BCUT2D eigenvalue weighted by molar-refractivity contribution is 9.10. The molecule has 1 N–H and O–H groups in total. The van der Waals surface area contributed by atoms with Gasteiger partial charge in [0.2, 0.25) is 9.84 Å². The molecule has 0 unspecified atom stereocenters. The second-order valence-electron chi connectivity index (χ2n) is 10.9. The van der Waals surface area contributed by atoms with Crippen LogP contribution in [0.2, 0.25) is 5.02 Å². The SMILES string of the molecule is O=C(N[C@@H](Cc1ccc(Br)cc1)C(=O)S(=O)(=O)c1ccccc1)c1cn(Cc2ccc(-c3ccc(Cl)cc3)cc2)c2ccccc12. The van der Waals surface area contributed by atoms with E-state index in [2.05, 4.69) is 21.2 Å². The lowest BCUT2D eigenvalue weighted by molar-refractivity contribution is -0.113. The summed E-state index contributed by atoms with van der Waals surface area (Å²) in [6.07, 6.45) is 1.75. The molecule has 9 heteroatoms. The molecule has 1 atom stereocenters. The van der Waals surface area contributed by atoms with E-state index in [1.807, 2.05) is 77.4 Å². The topological polar surface area (TPSA) is 85.2 Å². The maximum absolute atomic E-state index is 13.9. The number of hydrogen-bond acceptors (Lipinski definition) is 4. The molecule has 0 saturated heterocycles. The Kier molecular flexibility index (Phi) is 9.22. The fraction of sp³-hybridized carbons (Fsp3) is 0.0811. The van der Waals surface area contributed by atoms with E-state index in [1.165, 1.54) is 12.1 Å². The van der Waals surface area contributed by atoms with E-state index in [9.17, 15) is 18.0 Å². The molecule has 46 heavy (non-hydrogen) atoms. The van der Waals surface area contributed by atoms with Crippen LogP contribution < -0.4 is 5.32 Å². The molecule has 6 aromatic rings. The fourth-order valence-electron chi connectivity index (χ4n) is 5.39. The minimum absolute atomic E-state index is 0.00251. The number of carbonyl (C=O) groups is 2. The Morgan fingerprint density at radius 2 is 1.33 bits per heavy atom. The molecule has 0 aliphatic carbocycles. The number of sulfone groups is 1. The van der Waals surface area contributed by atoms with Crippen molar-refractivity contribution in [3.63, 3.8) is 0 Å². The van der Waals surface area contributed by atoms with Gasteiger partial charge in [-0.15, -0.1) is 0 Å². The average Bonchev–Trinajstić information content (AvgIpc) is 3.44. The van der Waals surface area contributed by atoms with Crippen molar-refractivity contribution in [3.8, 4) is 11.1 Å². The number of benzene rings is 5. The van der Waals surface area contributed by atoms with Crippen LogP contribution in [-0.4, -0.2) is 30.0 Å². The van der Waals surface area contributed by atoms with Crippen LogP contribution >= 0.6 is 27.5 Å². The van der Waals surface area contributed by atoms with Crippen LogP contribution in [0.4, 0.5) is 0 Å². The van der Waals surface area contributed by atoms with Gasteiger partial charge in [-0.05, 0) is 64.7 Å². The van der Waals surface area contributed by atoms with Crippen LogP contribution in [0, 0.1) is 0 Å². The van der Waals surface area contributed by atoms with Crippen LogP contribution in [0.5, 0.6) is 0 Å². The molecule has 5 aromatic carbocycles. The predicted molar refractivity (Wildman–Crippen MR) is 186 cm³/mol. The summed E-state index contributed by atoms with van der Waals surface area (Å²) in [7, 11) is -4.37. The Hall–Kier alpha value is -4.50. The summed E-state index contributed by atoms with van der Waals surface area (Å²) in [5, 5.41) is 3.07. The van der Waals surface area contributed by atoms with Crippen molar-refractivity contribution in [2.45, 2.75) is 23.9 Å². The van der Waals surface area contributed by atoms with Gasteiger partial charge in [0.25, 0.3) is 11.0 Å². The summed E-state index contributed by atoms with van der Waals surface area (Å²) in [6.45, 7) is 0.498. The van der Waals surface area contributed by atoms with Crippen LogP contribution in [0.25, 0.3) is 22.0 Å². The Morgan fingerprint density at radius 3 is 2.00 bits per heavy atom. The summed E-state index contributed by atoms with van der Waals surface area (Å²) in [4.78, 5) is 27.4. The molecule has 1 heterocycles. The van der Waals surface area contributed by atoms with Gasteiger partial charge in [-0.2, -0.15) is 0 Å². The Bertz CT molecular complexity index is 2130. The minimum atomic E-state index is -4.37. The molecule has 6 nitrogen and oxygen atoms in total. The number of carbonyl (C=O) groups excluding carboxylic acids is 2. The van der Waals surface area contributed by atoms with Crippen LogP contribution in [0.15, 0.2) is 143 Å². The second-order valence-corrected chi connectivity index (χ2v) is 14.1. The number of para-hydroxylation sites is 1. The zero-order chi connectivity index (χ0) is 32.3. The monoisotopic (exact) mass is 710 g/mol. The van der Waals surface area contributed by atoms with E-state index >= 15 is 0 Å². The van der Waals surface area contributed by atoms with E-state index in [-0.39, 0.29) is 11.3 Å². The molecular formula is C37H28BrClN2O4S. The molecule has 6 rings (SSSR count). The first-order chi connectivity index (χ1) is 22.2. The highest BCUT2D eigenvalue weighted by atomic mass is 79.9. The molecule has 1 amide bonds. The quantitative estimate of drug-likeness (QED) is 0.164. The molecule has 0 bridgehead atoms. The van der Waals surface area contributed by atoms with Crippen molar-refractivity contribution < 1.29 is 18.0 Å². The van der Waals surface area contributed by atoms with Crippen LogP contribution in [0.1, 0.15) is 21.5 Å². The molecule has 0 aliphatic rings. The number of nitrogens with one attached hydrogen (secondary N) is 1. The first kappa shape index (κ1) is 31.5. The van der Waals surface area contributed by atoms with E-state index < -0.39 is 26.9 Å². The highest BCUT2D eigenvalue weighted by Gasteiger charge is 2.34. The van der Waals surface area contributed by atoms with Crippen molar-refractivity contribution >= 4 is 59.3 Å². The molecule has 230 valence electrons. The summed E-state index contributed by atoms with van der Waals surface area (Å²) in [5.41, 5.74) is 5.03. The number of aromatic nitrogens is 1. The normalized spacial score (nSPS) is 12.1. The third kappa shape index (κ3) is 6.84. The summed E-state index contributed by atoms with van der Waals surface area (Å²) in [5.74, 6) is -0.535. The Morgan fingerprint density at radius 1 is 0.739 bits per heavy atom. The smallest absolute Gasteiger partial charge is 0.273 e. The van der Waals surface area contributed by atoms with E-state index in [0.717, 1.165) is 26.7 Å². The van der Waals surface area contributed by atoms with Gasteiger partial charge in [0, 0.05) is 39.6 Å². The molecule has 0 radical (unpaired) electrons. The van der Waals surface area contributed by atoms with Crippen molar-refractivity contribution in [1.29, 1.82) is 0 Å². The lowest BCUT2D eigenvalue weighted by Crippen LogP contribution is -2.45. The minimum Gasteiger partial charge on any atom is -0.342 e. The Balaban J connectivity index is 1.29. The van der Waals surface area contributed by atoms with Gasteiger partial charge < -0.3 is 9.88 Å². The van der Waals surface area contributed by atoms with Gasteiger partial charge in [-0.3, -0.25) is 9.59 Å². The number of fused-ring (bicyclic) bond motifs is 1. The number of nitrogens with zero attached hydrogens (tertiary/aromatic N) is 1. The number of hydrogen-bond donors (Lipinski definition) is 1. The van der Waals surface area contributed by atoms with Gasteiger partial charge in [0.15, 0.2) is 0 Å². The largest absolute Gasteiger partial charge is 0.342 e. The molecule has 0 saturated carbocycles. The lowest BCUT2D eigenvalue weighted by atomic mass is 10.0. The molecule has 0 fully saturated rings. The number of amides is 1. The molecule has 1 aromatic heterocycles. The fourth-order valence-corrected chi connectivity index (χ4v) is 7.04. The van der Waals surface area contributed by atoms with Gasteiger partial charge in [0.1, 0.15) is 6.04 Å². The predicted octanol–water partition coefficient (Wildman–Crippen LogP) is 8.11. The molecular weight excluding hydrogens is 684 g/mol. The zero-order valence-corrected chi connectivity index (χ0v) is 27.6. The number of rotatable bonds is 9. The number of halogens is 2. The van der Waals surface area contributed by atoms with Gasteiger partial charge in [0.05, 0.1) is 10.5 Å². The lowest BCUT2D eigenvalue weighted by Gasteiger charge is -2.18. The van der Waals surface area contributed by atoms with Crippen LogP contribution in [0.3, 0.4) is 0 Å². The third-order valence-corrected chi connectivity index (χ3v) is 10.3. The van der Waals surface area contributed by atoms with Gasteiger partial charge >= 0.3 is 0 Å². The van der Waals surface area contributed by atoms with Gasteiger partial charge in [-0.25, -0.2) is 8.42 Å². The summed E-state index contributed by atoms with van der Waals surface area (Å²) >= 11 is 9.44. The summed E-state index contributed by atoms with van der Waals surface area (Å²) < 4.78 is 29.6. The van der Waals surface area contributed by atoms with Crippen molar-refractivity contribution in [1.82, 2.24) is 9.88 Å². The summed E-state index contributed by atoms with van der Waals surface area (Å²) in [6, 6.07) is 36.8. The zero-order valence-electron chi connectivity index (χ0n) is 24.4. The Labute approximate surface area is 280 Å².